The summed E-state index contributed by atoms with van der Waals surface area (Å²) in [6, 6.07) is 5.14. The maximum atomic E-state index is 12.9. The number of nitrogens with zero attached hydrogens (tertiary/aromatic N) is 3. The molecule has 0 unspecified atom stereocenters. The van der Waals surface area contributed by atoms with Gasteiger partial charge in [0.2, 0.25) is 0 Å². The Balaban J connectivity index is 1.86. The molecule has 2 N–H and O–H groups in total. The normalized spacial score (nSPS) is 10.3. The van der Waals surface area contributed by atoms with Crippen molar-refractivity contribution in [2.45, 2.75) is 0 Å². The second-order valence-electron chi connectivity index (χ2n) is 3.77. The second-order valence-corrected chi connectivity index (χ2v) is 3.77. The van der Waals surface area contributed by atoms with Crippen LogP contribution in [0.5, 0.6) is 0 Å². The summed E-state index contributed by atoms with van der Waals surface area (Å²) in [5.41, 5.74) is 2.38. The lowest BCUT2D eigenvalue weighted by Gasteiger charge is -2.00. The SMILES string of the molecule is O=C(N/N=C/NC(=O)c1cnccn1)c1cccc(F)c1. The Bertz CT molecular complexity index is 675. The first-order chi connectivity index (χ1) is 10.2. The number of hydrogen-bond donors (Lipinski definition) is 2. The molecule has 21 heavy (non-hydrogen) atoms. The molecule has 0 saturated heterocycles. The number of rotatable bonds is 4. The first kappa shape index (κ1) is 14.3. The van der Waals surface area contributed by atoms with Crippen LogP contribution in [-0.4, -0.2) is 28.1 Å². The van der Waals surface area contributed by atoms with Crippen LogP contribution in [-0.2, 0) is 0 Å². The van der Waals surface area contributed by atoms with E-state index in [4.69, 9.17) is 0 Å². The average molecular weight is 287 g/mol. The van der Waals surface area contributed by atoms with Gasteiger partial charge in [0.1, 0.15) is 17.8 Å². The van der Waals surface area contributed by atoms with Gasteiger partial charge in [0, 0.05) is 18.0 Å². The van der Waals surface area contributed by atoms with Crippen LogP contribution in [0.2, 0.25) is 0 Å². The fourth-order valence-electron chi connectivity index (χ4n) is 1.37. The highest BCUT2D eigenvalue weighted by Crippen LogP contribution is 2.02. The van der Waals surface area contributed by atoms with E-state index >= 15 is 0 Å². The molecule has 0 saturated carbocycles. The van der Waals surface area contributed by atoms with Crippen molar-refractivity contribution in [3.63, 3.8) is 0 Å². The number of nitrogens with one attached hydrogen (secondary N) is 2. The third kappa shape index (κ3) is 4.16. The van der Waals surface area contributed by atoms with Gasteiger partial charge in [-0.15, -0.1) is 0 Å². The zero-order valence-electron chi connectivity index (χ0n) is 10.7. The van der Waals surface area contributed by atoms with Crippen LogP contribution in [0.3, 0.4) is 0 Å². The lowest BCUT2D eigenvalue weighted by Crippen LogP contribution is -2.25. The van der Waals surface area contributed by atoms with Crippen molar-refractivity contribution in [1.82, 2.24) is 20.7 Å². The predicted octanol–water partition coefficient (Wildman–Crippen LogP) is 0.719. The van der Waals surface area contributed by atoms with Crippen molar-refractivity contribution in [1.29, 1.82) is 0 Å². The minimum absolute atomic E-state index is 0.111. The second kappa shape index (κ2) is 6.85. The Labute approximate surface area is 118 Å². The van der Waals surface area contributed by atoms with E-state index in [0.29, 0.717) is 0 Å². The standard InChI is InChI=1S/C13H10FN5O2/c14-10-3-1-2-9(6-10)12(20)19-18-8-17-13(21)11-7-15-4-5-16-11/h1-8H,(H,19,20)(H,17,18,21). The molecule has 1 aromatic carbocycles. The van der Waals surface area contributed by atoms with Crippen LogP contribution >= 0.6 is 0 Å². The Morgan fingerprint density at radius 2 is 2.10 bits per heavy atom. The molecule has 8 heteroatoms. The molecule has 0 atom stereocenters. The highest BCUT2D eigenvalue weighted by molar-refractivity contribution is 5.99. The van der Waals surface area contributed by atoms with Crippen molar-refractivity contribution < 1.29 is 14.0 Å². The number of carbonyl (C=O) groups is 2. The van der Waals surface area contributed by atoms with Gasteiger partial charge < -0.3 is 5.32 Å². The number of carbonyl (C=O) groups excluding carboxylic acids is 2. The van der Waals surface area contributed by atoms with Gasteiger partial charge >= 0.3 is 0 Å². The van der Waals surface area contributed by atoms with Crippen molar-refractivity contribution in [2.24, 2.45) is 5.10 Å². The minimum atomic E-state index is -0.598. The van der Waals surface area contributed by atoms with Crippen LogP contribution in [0.15, 0.2) is 48.0 Å². The largest absolute Gasteiger partial charge is 0.310 e. The van der Waals surface area contributed by atoms with Gasteiger partial charge in [0.25, 0.3) is 11.8 Å². The summed E-state index contributed by atoms with van der Waals surface area (Å²) >= 11 is 0. The van der Waals surface area contributed by atoms with Crippen LogP contribution in [0.25, 0.3) is 0 Å². The molecule has 7 nitrogen and oxygen atoms in total. The van der Waals surface area contributed by atoms with Gasteiger partial charge in [0.05, 0.1) is 6.20 Å². The predicted molar refractivity (Wildman–Crippen MR) is 71.9 cm³/mol. The third-order valence-electron chi connectivity index (χ3n) is 2.31. The Morgan fingerprint density at radius 3 is 2.81 bits per heavy atom. The van der Waals surface area contributed by atoms with E-state index in [-0.39, 0.29) is 11.3 Å². The summed E-state index contributed by atoms with van der Waals surface area (Å²) in [7, 11) is 0. The van der Waals surface area contributed by atoms with Gasteiger partial charge in [-0.1, -0.05) is 6.07 Å². The number of hydrogen-bond acceptors (Lipinski definition) is 5. The lowest BCUT2D eigenvalue weighted by atomic mass is 10.2. The highest BCUT2D eigenvalue weighted by Gasteiger charge is 2.06. The van der Waals surface area contributed by atoms with Crippen molar-refractivity contribution >= 4 is 18.2 Å². The molecular weight excluding hydrogens is 277 g/mol. The summed E-state index contributed by atoms with van der Waals surface area (Å²) < 4.78 is 12.9. The summed E-state index contributed by atoms with van der Waals surface area (Å²) in [6.45, 7) is 0. The summed E-state index contributed by atoms with van der Waals surface area (Å²) in [6.07, 6.45) is 5.09. The van der Waals surface area contributed by atoms with Gasteiger partial charge in [0.15, 0.2) is 0 Å². The molecule has 106 valence electrons. The first-order valence-corrected chi connectivity index (χ1v) is 5.81. The van der Waals surface area contributed by atoms with E-state index in [9.17, 15) is 14.0 Å². The Hall–Kier alpha value is -3.16. The molecule has 1 aromatic heterocycles. The number of aromatic nitrogens is 2. The minimum Gasteiger partial charge on any atom is -0.310 e. The van der Waals surface area contributed by atoms with Crippen molar-refractivity contribution in [2.75, 3.05) is 0 Å². The Morgan fingerprint density at radius 1 is 1.24 bits per heavy atom. The number of amides is 2. The van der Waals surface area contributed by atoms with Crippen molar-refractivity contribution in [3.05, 3.63) is 59.9 Å². The maximum absolute atomic E-state index is 12.9. The van der Waals surface area contributed by atoms with Crippen molar-refractivity contribution in [3.8, 4) is 0 Å². The average Bonchev–Trinajstić information content (AvgIpc) is 2.52. The molecule has 0 aliphatic heterocycles. The smallest absolute Gasteiger partial charge is 0.276 e. The van der Waals surface area contributed by atoms with E-state index in [0.717, 1.165) is 12.4 Å². The molecule has 1 heterocycles. The van der Waals surface area contributed by atoms with Gasteiger partial charge in [-0.3, -0.25) is 14.6 Å². The molecule has 2 amide bonds. The van der Waals surface area contributed by atoms with E-state index in [2.05, 4.69) is 25.8 Å². The Kier molecular flexibility index (Phi) is 4.65. The molecule has 2 rings (SSSR count). The molecule has 0 fully saturated rings. The summed E-state index contributed by atoms with van der Waals surface area (Å²) in [5.74, 6) is -1.64. The van der Waals surface area contributed by atoms with Gasteiger partial charge in [-0.05, 0) is 18.2 Å². The van der Waals surface area contributed by atoms with E-state index in [1.807, 2.05) is 0 Å². The number of benzene rings is 1. The van der Waals surface area contributed by atoms with Gasteiger partial charge in [-0.25, -0.2) is 14.8 Å². The van der Waals surface area contributed by atoms with Crippen LogP contribution < -0.4 is 10.7 Å². The van der Waals surface area contributed by atoms with Crippen LogP contribution in [0.1, 0.15) is 20.8 Å². The monoisotopic (exact) mass is 287 g/mol. The fourth-order valence-corrected chi connectivity index (χ4v) is 1.37. The lowest BCUT2D eigenvalue weighted by molar-refractivity contribution is 0.0946. The highest BCUT2D eigenvalue weighted by atomic mass is 19.1. The summed E-state index contributed by atoms with van der Waals surface area (Å²) in [4.78, 5) is 30.6. The van der Waals surface area contributed by atoms with E-state index in [1.165, 1.54) is 36.8 Å². The van der Waals surface area contributed by atoms with E-state index < -0.39 is 17.6 Å². The molecule has 2 aromatic rings. The molecule has 0 aliphatic carbocycles. The third-order valence-corrected chi connectivity index (χ3v) is 2.31. The van der Waals surface area contributed by atoms with Crippen LogP contribution in [0.4, 0.5) is 4.39 Å². The van der Waals surface area contributed by atoms with E-state index in [1.54, 1.807) is 0 Å². The molecule has 0 bridgehead atoms. The topological polar surface area (TPSA) is 96.3 Å². The molecule has 0 spiro atoms. The quantitative estimate of drug-likeness (QED) is 0.492. The fraction of sp³-hybridized carbons (Fsp3) is 0. The molecule has 0 aliphatic rings. The summed E-state index contributed by atoms with van der Waals surface area (Å²) in [5, 5.41) is 5.81. The zero-order chi connectivity index (χ0) is 15.1. The van der Waals surface area contributed by atoms with Crippen LogP contribution in [0, 0.1) is 5.82 Å². The maximum Gasteiger partial charge on any atom is 0.276 e. The number of hydrazone groups is 1. The first-order valence-electron chi connectivity index (χ1n) is 5.81. The molecular formula is C13H10FN5O2. The van der Waals surface area contributed by atoms with Gasteiger partial charge in [-0.2, -0.15) is 5.10 Å². The molecule has 0 radical (unpaired) electrons. The zero-order valence-corrected chi connectivity index (χ0v) is 10.7. The number of halogens is 1.